The van der Waals surface area contributed by atoms with Crippen molar-refractivity contribution in [3.63, 3.8) is 0 Å². The number of benzene rings is 1. The number of nitrogens with two attached hydrogens (primary N) is 1. The van der Waals surface area contributed by atoms with E-state index in [1.807, 2.05) is 24.3 Å². The molecule has 2 heterocycles. The number of pyridine rings is 1. The molecular formula is C14H9BrN5O. The third kappa shape index (κ3) is 2.82. The summed E-state index contributed by atoms with van der Waals surface area (Å²) in [6.45, 7) is 0. The van der Waals surface area contributed by atoms with E-state index in [0.29, 0.717) is 16.7 Å². The van der Waals surface area contributed by atoms with Crippen molar-refractivity contribution in [3.8, 4) is 0 Å². The first kappa shape index (κ1) is 13.4. The summed E-state index contributed by atoms with van der Waals surface area (Å²) in [6.07, 6.45) is 4.24. The van der Waals surface area contributed by atoms with Crippen LogP contribution in [0.1, 0.15) is 10.6 Å². The second-order valence-electron chi connectivity index (χ2n) is 4.23. The Kier molecular flexibility index (Phi) is 3.49. The fraction of sp³-hybridized carbons (Fsp3) is 0. The number of nitrogens with zero attached hydrogens (tertiary/aromatic N) is 3. The van der Waals surface area contributed by atoms with E-state index in [0.717, 1.165) is 10.2 Å². The van der Waals surface area contributed by atoms with Crippen LogP contribution in [0.25, 0.3) is 10.9 Å². The number of anilines is 2. The van der Waals surface area contributed by atoms with Crippen molar-refractivity contribution in [1.29, 1.82) is 0 Å². The third-order valence-corrected chi connectivity index (χ3v) is 3.25. The van der Waals surface area contributed by atoms with E-state index in [2.05, 4.69) is 42.4 Å². The van der Waals surface area contributed by atoms with Crippen LogP contribution in [0.5, 0.6) is 0 Å². The first-order chi connectivity index (χ1) is 10.1. The van der Waals surface area contributed by atoms with Crippen molar-refractivity contribution < 1.29 is 4.79 Å². The van der Waals surface area contributed by atoms with Gasteiger partial charge < -0.3 is 11.1 Å². The molecule has 3 N–H and O–H groups in total. The van der Waals surface area contributed by atoms with Crippen LogP contribution in [0.2, 0.25) is 0 Å². The highest BCUT2D eigenvalue weighted by molar-refractivity contribution is 9.10. The lowest BCUT2D eigenvalue weighted by Crippen LogP contribution is -2.16. The van der Waals surface area contributed by atoms with Gasteiger partial charge in [0.1, 0.15) is 5.82 Å². The molecule has 0 spiro atoms. The molecule has 1 radical (unpaired) electrons. The molecule has 21 heavy (non-hydrogen) atoms. The number of rotatable bonds is 3. The molecule has 3 rings (SSSR count). The van der Waals surface area contributed by atoms with E-state index in [4.69, 9.17) is 5.73 Å². The standard InChI is InChI=1S/C14H9BrN5O/c15-8-2-1-3-9(6-8)18-13-10-4-5-17-7-11(10)19-14(20-13)12(16)21/h1-4,6-7H,(H2,16,21)(H,18,19,20). The van der Waals surface area contributed by atoms with Gasteiger partial charge in [-0.15, -0.1) is 0 Å². The molecule has 2 aromatic heterocycles. The Bertz CT molecular complexity index is 836. The summed E-state index contributed by atoms with van der Waals surface area (Å²) in [6, 6.07) is 9.23. The van der Waals surface area contributed by atoms with Gasteiger partial charge in [0.05, 0.1) is 17.9 Å². The van der Waals surface area contributed by atoms with Crippen LogP contribution in [-0.4, -0.2) is 20.9 Å². The number of carbonyl (C=O) groups is 1. The monoisotopic (exact) mass is 342 g/mol. The number of hydrogen-bond donors (Lipinski definition) is 2. The van der Waals surface area contributed by atoms with Gasteiger partial charge in [0.15, 0.2) is 0 Å². The minimum Gasteiger partial charge on any atom is -0.363 e. The van der Waals surface area contributed by atoms with E-state index in [1.54, 1.807) is 6.07 Å². The van der Waals surface area contributed by atoms with E-state index in [9.17, 15) is 4.79 Å². The fourth-order valence-corrected chi connectivity index (χ4v) is 2.24. The molecule has 6 nitrogen and oxygen atoms in total. The highest BCUT2D eigenvalue weighted by Crippen LogP contribution is 2.24. The quantitative estimate of drug-likeness (QED) is 0.762. The molecule has 0 aliphatic heterocycles. The van der Waals surface area contributed by atoms with Crippen LogP contribution >= 0.6 is 15.9 Å². The van der Waals surface area contributed by atoms with E-state index in [1.165, 1.54) is 6.20 Å². The zero-order valence-electron chi connectivity index (χ0n) is 10.7. The zero-order chi connectivity index (χ0) is 14.8. The number of aromatic nitrogens is 3. The Morgan fingerprint density at radius 3 is 2.95 bits per heavy atom. The molecule has 0 aliphatic carbocycles. The average molecular weight is 343 g/mol. The van der Waals surface area contributed by atoms with Crippen molar-refractivity contribution in [3.05, 3.63) is 53.0 Å². The van der Waals surface area contributed by atoms with Crippen LogP contribution in [0.4, 0.5) is 11.5 Å². The Morgan fingerprint density at radius 2 is 2.19 bits per heavy atom. The van der Waals surface area contributed by atoms with Crippen molar-refractivity contribution in [2.24, 2.45) is 5.73 Å². The predicted molar refractivity (Wildman–Crippen MR) is 82.1 cm³/mol. The lowest BCUT2D eigenvalue weighted by Gasteiger charge is -2.09. The lowest BCUT2D eigenvalue weighted by molar-refractivity contribution is 0.0991. The average Bonchev–Trinajstić information content (AvgIpc) is 2.47. The maximum atomic E-state index is 11.3. The molecule has 0 saturated heterocycles. The molecule has 0 bridgehead atoms. The van der Waals surface area contributed by atoms with E-state index in [-0.39, 0.29) is 5.82 Å². The maximum Gasteiger partial charge on any atom is 0.286 e. The van der Waals surface area contributed by atoms with Gasteiger partial charge in [-0.05, 0) is 24.3 Å². The number of amides is 1. The van der Waals surface area contributed by atoms with Crippen LogP contribution in [0.3, 0.4) is 0 Å². The molecule has 0 unspecified atom stereocenters. The van der Waals surface area contributed by atoms with Gasteiger partial charge in [0, 0.05) is 15.5 Å². The van der Waals surface area contributed by atoms with Gasteiger partial charge in [0.25, 0.3) is 5.91 Å². The maximum absolute atomic E-state index is 11.3. The Balaban J connectivity index is 2.13. The molecule has 3 aromatic rings. The minimum absolute atomic E-state index is 0.0620. The second-order valence-corrected chi connectivity index (χ2v) is 5.14. The Morgan fingerprint density at radius 1 is 1.33 bits per heavy atom. The predicted octanol–water partition coefficient (Wildman–Crippen LogP) is 2.43. The molecule has 103 valence electrons. The normalized spacial score (nSPS) is 10.5. The van der Waals surface area contributed by atoms with Gasteiger partial charge in [0.2, 0.25) is 5.82 Å². The first-order valence-electron chi connectivity index (χ1n) is 6.00. The second kappa shape index (κ2) is 5.45. The molecule has 7 heteroatoms. The number of carbonyl (C=O) groups excluding carboxylic acids is 1. The largest absolute Gasteiger partial charge is 0.363 e. The summed E-state index contributed by atoms with van der Waals surface area (Å²) < 4.78 is 0.925. The SMILES string of the molecule is NC(=O)c1nc(Nc2cccc(Br)c2)c2c[c]ncc2n1. The Hall–Kier alpha value is -2.54. The summed E-state index contributed by atoms with van der Waals surface area (Å²) in [5.74, 6) is -0.277. The highest BCUT2D eigenvalue weighted by Gasteiger charge is 2.11. The van der Waals surface area contributed by atoms with Gasteiger partial charge in [-0.3, -0.25) is 9.78 Å². The molecular weight excluding hydrogens is 334 g/mol. The molecule has 0 aliphatic rings. The summed E-state index contributed by atoms with van der Waals surface area (Å²) in [5.41, 5.74) is 6.60. The number of halogens is 1. The summed E-state index contributed by atoms with van der Waals surface area (Å²) in [4.78, 5) is 23.5. The number of nitrogens with one attached hydrogen (secondary N) is 1. The lowest BCUT2D eigenvalue weighted by atomic mass is 10.2. The molecule has 1 aromatic carbocycles. The molecule has 0 fully saturated rings. The van der Waals surface area contributed by atoms with Crippen molar-refractivity contribution >= 4 is 44.2 Å². The van der Waals surface area contributed by atoms with Crippen LogP contribution < -0.4 is 11.1 Å². The van der Waals surface area contributed by atoms with Crippen LogP contribution in [0, 0.1) is 6.20 Å². The van der Waals surface area contributed by atoms with Crippen LogP contribution in [-0.2, 0) is 0 Å². The first-order valence-corrected chi connectivity index (χ1v) is 6.79. The fourth-order valence-electron chi connectivity index (χ4n) is 1.84. The number of fused-ring (bicyclic) bond motifs is 1. The minimum atomic E-state index is -0.693. The summed E-state index contributed by atoms with van der Waals surface area (Å²) in [5, 5.41) is 3.85. The third-order valence-electron chi connectivity index (χ3n) is 2.75. The molecule has 1 amide bonds. The van der Waals surface area contributed by atoms with Gasteiger partial charge in [-0.2, -0.15) is 0 Å². The summed E-state index contributed by atoms with van der Waals surface area (Å²) in [7, 11) is 0. The van der Waals surface area contributed by atoms with Gasteiger partial charge in [-0.25, -0.2) is 9.97 Å². The van der Waals surface area contributed by atoms with E-state index < -0.39 is 5.91 Å². The summed E-state index contributed by atoms with van der Waals surface area (Å²) >= 11 is 3.40. The topological polar surface area (TPSA) is 93.8 Å². The van der Waals surface area contributed by atoms with Gasteiger partial charge in [-0.1, -0.05) is 22.0 Å². The van der Waals surface area contributed by atoms with Gasteiger partial charge >= 0.3 is 0 Å². The van der Waals surface area contributed by atoms with E-state index >= 15 is 0 Å². The number of primary amides is 1. The Labute approximate surface area is 128 Å². The number of hydrogen-bond acceptors (Lipinski definition) is 5. The zero-order valence-corrected chi connectivity index (χ0v) is 12.3. The van der Waals surface area contributed by atoms with Crippen molar-refractivity contribution in [2.45, 2.75) is 0 Å². The smallest absolute Gasteiger partial charge is 0.286 e. The highest BCUT2D eigenvalue weighted by atomic mass is 79.9. The molecule has 0 atom stereocenters. The van der Waals surface area contributed by atoms with Crippen molar-refractivity contribution in [2.75, 3.05) is 5.32 Å². The van der Waals surface area contributed by atoms with Crippen LogP contribution in [0.15, 0.2) is 41.0 Å². The molecule has 0 saturated carbocycles. The van der Waals surface area contributed by atoms with Crippen molar-refractivity contribution in [1.82, 2.24) is 15.0 Å².